The molecule has 0 fully saturated rings. The number of anilines is 1. The number of rotatable bonds is 4. The van der Waals surface area contributed by atoms with Crippen LogP contribution in [0.1, 0.15) is 68.3 Å². The Morgan fingerprint density at radius 2 is 1.85 bits per heavy atom. The summed E-state index contributed by atoms with van der Waals surface area (Å²) in [6.07, 6.45) is 2.99. The number of hydrogen-bond acceptors (Lipinski definition) is 3. The van der Waals surface area contributed by atoms with Gasteiger partial charge in [0, 0.05) is 28.9 Å². The van der Waals surface area contributed by atoms with Gasteiger partial charge in [-0.3, -0.25) is 4.79 Å². The van der Waals surface area contributed by atoms with Gasteiger partial charge < -0.3 is 19.5 Å². The van der Waals surface area contributed by atoms with Crippen LogP contribution in [0.2, 0.25) is 0 Å². The maximum atomic E-state index is 12.7. The highest BCUT2D eigenvalue weighted by molar-refractivity contribution is 6.03. The number of carbonyl (C=O) groups excluding carboxylic acids is 1. The van der Waals surface area contributed by atoms with E-state index in [1.165, 1.54) is 11.1 Å². The third-order valence-corrected chi connectivity index (χ3v) is 7.61. The van der Waals surface area contributed by atoms with Crippen molar-refractivity contribution in [3.8, 4) is 11.7 Å². The summed E-state index contributed by atoms with van der Waals surface area (Å²) in [4.78, 5) is 15.9. The number of fused-ring (bicyclic) bond motifs is 2. The van der Waals surface area contributed by atoms with Crippen LogP contribution in [0, 0.1) is 12.8 Å². The third-order valence-electron chi connectivity index (χ3n) is 7.61. The molecule has 0 saturated heterocycles. The number of ether oxygens (including phenoxy) is 1. The molecule has 1 aliphatic rings. The second-order valence-electron chi connectivity index (χ2n) is 10.8. The van der Waals surface area contributed by atoms with Crippen molar-refractivity contribution in [1.82, 2.24) is 4.98 Å². The van der Waals surface area contributed by atoms with Gasteiger partial charge in [-0.05, 0) is 83.2 Å². The average molecular weight is 457 g/mol. The van der Waals surface area contributed by atoms with Gasteiger partial charge in [-0.15, -0.1) is 0 Å². The number of benzene rings is 2. The van der Waals surface area contributed by atoms with Gasteiger partial charge in [0.15, 0.2) is 5.76 Å². The molecule has 4 aromatic rings. The normalized spacial score (nSPS) is 18.5. The smallest absolute Gasteiger partial charge is 0.291 e. The van der Waals surface area contributed by atoms with E-state index in [4.69, 9.17) is 9.15 Å². The standard InChI is InChI=1S/C29H32N2O3/c1-17-13-22-21(28(3,4)16-18(2)29(22,5)6)15-25(17)34-26-10-9-24(33-26)27(32)31-20-7-8-23-19(14-20)11-12-30-23/h7-15,18,30H,16H2,1-6H3,(H,31,32). The van der Waals surface area contributed by atoms with Crippen molar-refractivity contribution in [3.05, 3.63) is 77.2 Å². The van der Waals surface area contributed by atoms with Crippen molar-refractivity contribution < 1.29 is 13.9 Å². The van der Waals surface area contributed by atoms with Crippen molar-refractivity contribution in [1.29, 1.82) is 0 Å². The Kier molecular flexibility index (Phi) is 5.12. The van der Waals surface area contributed by atoms with Crippen LogP contribution >= 0.6 is 0 Å². The van der Waals surface area contributed by atoms with Gasteiger partial charge in [0.1, 0.15) is 5.75 Å². The topological polar surface area (TPSA) is 67.3 Å². The van der Waals surface area contributed by atoms with E-state index < -0.39 is 0 Å². The first-order valence-corrected chi connectivity index (χ1v) is 11.9. The highest BCUT2D eigenvalue weighted by Gasteiger charge is 2.42. The molecule has 0 aliphatic heterocycles. The Morgan fingerprint density at radius 3 is 2.65 bits per heavy atom. The van der Waals surface area contributed by atoms with E-state index >= 15 is 0 Å². The molecular weight excluding hydrogens is 424 g/mol. The molecule has 2 heterocycles. The number of H-pyrrole nitrogens is 1. The first-order chi connectivity index (χ1) is 16.0. The van der Waals surface area contributed by atoms with Gasteiger partial charge >= 0.3 is 0 Å². The molecule has 176 valence electrons. The van der Waals surface area contributed by atoms with Crippen molar-refractivity contribution >= 4 is 22.5 Å². The zero-order chi connectivity index (χ0) is 24.3. The Balaban J connectivity index is 1.38. The second kappa shape index (κ2) is 7.79. The molecule has 0 radical (unpaired) electrons. The van der Waals surface area contributed by atoms with E-state index in [-0.39, 0.29) is 22.5 Å². The SMILES string of the molecule is Cc1cc2c(cc1Oc1ccc(C(=O)Nc3ccc4[nH]ccc4c3)o1)C(C)(C)CC(C)C2(C)C. The summed E-state index contributed by atoms with van der Waals surface area (Å²) in [5.41, 5.74) is 5.66. The van der Waals surface area contributed by atoms with E-state index in [0.717, 1.165) is 28.6 Å². The van der Waals surface area contributed by atoms with Crippen LogP contribution in [0.4, 0.5) is 5.69 Å². The van der Waals surface area contributed by atoms with Crippen molar-refractivity contribution in [3.63, 3.8) is 0 Å². The molecule has 34 heavy (non-hydrogen) atoms. The Hall–Kier alpha value is -3.47. The fourth-order valence-electron chi connectivity index (χ4n) is 5.22. The minimum absolute atomic E-state index is 0.0604. The second-order valence-corrected chi connectivity index (χ2v) is 10.8. The summed E-state index contributed by atoms with van der Waals surface area (Å²) in [5, 5.41) is 3.92. The fourth-order valence-corrected chi connectivity index (χ4v) is 5.22. The lowest BCUT2D eigenvalue weighted by molar-refractivity contribution is 0.0992. The molecule has 1 amide bonds. The Labute approximate surface area is 200 Å². The summed E-state index contributed by atoms with van der Waals surface area (Å²) in [7, 11) is 0. The quantitative estimate of drug-likeness (QED) is 0.330. The third kappa shape index (κ3) is 3.79. The zero-order valence-corrected chi connectivity index (χ0v) is 20.7. The van der Waals surface area contributed by atoms with Gasteiger partial charge in [-0.1, -0.05) is 40.7 Å². The van der Waals surface area contributed by atoms with E-state index in [1.54, 1.807) is 12.1 Å². The Bertz CT molecular complexity index is 1390. The van der Waals surface area contributed by atoms with Crippen LogP contribution in [0.15, 0.2) is 59.1 Å². The molecule has 0 spiro atoms. The predicted octanol–water partition coefficient (Wildman–Crippen LogP) is 7.71. The lowest BCUT2D eigenvalue weighted by atomic mass is 9.58. The van der Waals surface area contributed by atoms with Gasteiger partial charge in [0.05, 0.1) is 0 Å². The van der Waals surface area contributed by atoms with E-state index in [1.807, 2.05) is 30.5 Å². The van der Waals surface area contributed by atoms with Crippen LogP contribution in [0.5, 0.6) is 11.7 Å². The Morgan fingerprint density at radius 1 is 1.06 bits per heavy atom. The van der Waals surface area contributed by atoms with E-state index in [2.05, 4.69) is 64.0 Å². The molecule has 5 rings (SSSR count). The molecular formula is C29H32N2O3. The van der Waals surface area contributed by atoms with Crippen LogP contribution in [-0.4, -0.2) is 10.9 Å². The molecule has 0 saturated carbocycles. The van der Waals surface area contributed by atoms with Crippen LogP contribution in [-0.2, 0) is 10.8 Å². The molecule has 5 heteroatoms. The molecule has 1 unspecified atom stereocenters. The molecule has 0 bridgehead atoms. The average Bonchev–Trinajstić information content (AvgIpc) is 3.42. The van der Waals surface area contributed by atoms with Gasteiger partial charge in [0.25, 0.3) is 11.9 Å². The first-order valence-electron chi connectivity index (χ1n) is 11.9. The molecule has 2 N–H and O–H groups in total. The number of amides is 1. The van der Waals surface area contributed by atoms with Gasteiger partial charge in [0.2, 0.25) is 0 Å². The van der Waals surface area contributed by atoms with Gasteiger partial charge in [-0.2, -0.15) is 0 Å². The zero-order valence-electron chi connectivity index (χ0n) is 20.7. The maximum Gasteiger partial charge on any atom is 0.291 e. The number of hydrogen-bond donors (Lipinski definition) is 2. The number of aromatic amines is 1. The molecule has 1 atom stereocenters. The summed E-state index contributed by atoms with van der Waals surface area (Å²) in [6.45, 7) is 13.7. The molecule has 2 aromatic heterocycles. The van der Waals surface area contributed by atoms with Gasteiger partial charge in [-0.25, -0.2) is 0 Å². The van der Waals surface area contributed by atoms with E-state index in [0.29, 0.717) is 17.6 Å². The maximum absolute atomic E-state index is 12.7. The highest BCUT2D eigenvalue weighted by atomic mass is 16.6. The number of carbonyl (C=O) groups is 1. The number of furan rings is 1. The summed E-state index contributed by atoms with van der Waals surface area (Å²) in [6, 6.07) is 15.4. The van der Waals surface area contributed by atoms with Crippen LogP contribution in [0.3, 0.4) is 0 Å². The van der Waals surface area contributed by atoms with Crippen molar-refractivity contribution in [2.75, 3.05) is 5.32 Å². The molecule has 2 aromatic carbocycles. The minimum Gasteiger partial charge on any atom is -0.426 e. The monoisotopic (exact) mass is 456 g/mol. The lowest BCUT2D eigenvalue weighted by Gasteiger charge is -2.46. The van der Waals surface area contributed by atoms with Crippen molar-refractivity contribution in [2.24, 2.45) is 5.92 Å². The number of aryl methyl sites for hydroxylation is 1. The fraction of sp³-hybridized carbons (Fsp3) is 0.345. The first kappa shape index (κ1) is 22.3. The molecule has 1 aliphatic carbocycles. The van der Waals surface area contributed by atoms with Crippen LogP contribution < -0.4 is 10.1 Å². The molecule has 5 nitrogen and oxygen atoms in total. The minimum atomic E-state index is -0.316. The summed E-state index contributed by atoms with van der Waals surface area (Å²) >= 11 is 0. The number of nitrogens with one attached hydrogen (secondary N) is 2. The predicted molar refractivity (Wildman–Crippen MR) is 136 cm³/mol. The number of aromatic nitrogens is 1. The summed E-state index contributed by atoms with van der Waals surface area (Å²) in [5.74, 6) is 1.54. The largest absolute Gasteiger partial charge is 0.426 e. The van der Waals surface area contributed by atoms with E-state index in [9.17, 15) is 4.79 Å². The highest BCUT2D eigenvalue weighted by Crippen LogP contribution is 2.50. The summed E-state index contributed by atoms with van der Waals surface area (Å²) < 4.78 is 11.9. The lowest BCUT2D eigenvalue weighted by Crippen LogP contribution is -2.40. The van der Waals surface area contributed by atoms with Crippen LogP contribution in [0.25, 0.3) is 10.9 Å². The van der Waals surface area contributed by atoms with Crippen molar-refractivity contribution in [2.45, 2.75) is 58.8 Å².